The van der Waals surface area contributed by atoms with Gasteiger partial charge < -0.3 is 10.2 Å². The largest absolute Gasteiger partial charge is 0.310 e. The normalized spacial score (nSPS) is 35.8. The minimum Gasteiger partial charge on any atom is -0.310 e. The maximum atomic E-state index is 3.95. The van der Waals surface area contributed by atoms with Crippen LogP contribution in [0.25, 0.3) is 0 Å². The zero-order valence-electron chi connectivity index (χ0n) is 12.3. The monoisotopic (exact) mass is 270 g/mol. The molecule has 4 atom stereocenters. The quantitative estimate of drug-likeness (QED) is 0.827. The molecule has 0 aromatic heterocycles. The van der Waals surface area contributed by atoms with Crippen molar-refractivity contribution in [3.63, 3.8) is 0 Å². The van der Waals surface area contributed by atoms with Crippen molar-refractivity contribution in [2.75, 3.05) is 25.9 Å². The lowest BCUT2D eigenvalue weighted by molar-refractivity contribution is 0.153. The number of thioether (sulfide) groups is 1. The zero-order chi connectivity index (χ0) is 13.0. The van der Waals surface area contributed by atoms with Crippen molar-refractivity contribution >= 4 is 11.8 Å². The van der Waals surface area contributed by atoms with E-state index in [1.807, 2.05) is 0 Å². The van der Waals surface area contributed by atoms with Gasteiger partial charge >= 0.3 is 0 Å². The summed E-state index contributed by atoms with van der Waals surface area (Å²) in [7, 11) is 0. The van der Waals surface area contributed by atoms with E-state index in [9.17, 15) is 0 Å². The second-order valence-corrected chi connectivity index (χ2v) is 7.14. The number of rotatable bonds is 5. The maximum absolute atomic E-state index is 3.95. The molecule has 2 nitrogen and oxygen atoms in total. The molecule has 1 aliphatic carbocycles. The Morgan fingerprint density at radius 3 is 2.83 bits per heavy atom. The predicted molar refractivity (Wildman–Crippen MR) is 82.4 cm³/mol. The number of piperidine rings is 1. The molecule has 0 aromatic rings. The summed E-state index contributed by atoms with van der Waals surface area (Å²) in [6.45, 7) is 8.55. The summed E-state index contributed by atoms with van der Waals surface area (Å²) >= 11 is 2.06. The first kappa shape index (κ1) is 14.7. The molecule has 2 fully saturated rings. The Balaban J connectivity index is 1.81. The van der Waals surface area contributed by atoms with Crippen molar-refractivity contribution in [2.45, 2.75) is 63.3 Å². The SMILES string of the molecule is CCN1CCCC(C(C)NC2CCCC2SC)C1. The van der Waals surface area contributed by atoms with Gasteiger partial charge in [-0.2, -0.15) is 11.8 Å². The highest BCUT2D eigenvalue weighted by atomic mass is 32.2. The van der Waals surface area contributed by atoms with Crippen LogP contribution in [0.5, 0.6) is 0 Å². The molecule has 1 saturated heterocycles. The molecule has 0 amide bonds. The van der Waals surface area contributed by atoms with Crippen molar-refractivity contribution in [3.05, 3.63) is 0 Å². The molecule has 0 bridgehead atoms. The summed E-state index contributed by atoms with van der Waals surface area (Å²) in [5, 5.41) is 4.81. The zero-order valence-corrected chi connectivity index (χ0v) is 13.1. The first-order chi connectivity index (χ1) is 8.74. The first-order valence-corrected chi connectivity index (χ1v) is 9.04. The van der Waals surface area contributed by atoms with Gasteiger partial charge in [-0.1, -0.05) is 13.3 Å². The summed E-state index contributed by atoms with van der Waals surface area (Å²) in [5.74, 6) is 0.863. The lowest BCUT2D eigenvalue weighted by Gasteiger charge is -2.37. The van der Waals surface area contributed by atoms with Gasteiger partial charge in [-0.25, -0.2) is 0 Å². The molecular formula is C15H30N2S. The van der Waals surface area contributed by atoms with Gasteiger partial charge in [0.2, 0.25) is 0 Å². The highest BCUT2D eigenvalue weighted by molar-refractivity contribution is 7.99. The highest BCUT2D eigenvalue weighted by Crippen LogP contribution is 2.30. The molecule has 2 aliphatic rings. The topological polar surface area (TPSA) is 15.3 Å². The first-order valence-electron chi connectivity index (χ1n) is 7.75. The van der Waals surface area contributed by atoms with Gasteiger partial charge in [-0.05, 0) is 57.9 Å². The van der Waals surface area contributed by atoms with Crippen molar-refractivity contribution in [2.24, 2.45) is 5.92 Å². The van der Waals surface area contributed by atoms with Crippen molar-refractivity contribution in [3.8, 4) is 0 Å². The smallest absolute Gasteiger partial charge is 0.0198 e. The maximum Gasteiger partial charge on any atom is 0.0198 e. The Morgan fingerprint density at radius 1 is 1.28 bits per heavy atom. The van der Waals surface area contributed by atoms with Crippen LogP contribution in [0.4, 0.5) is 0 Å². The van der Waals surface area contributed by atoms with Crippen LogP contribution in [0, 0.1) is 5.92 Å². The Labute approximate surface area is 117 Å². The fraction of sp³-hybridized carbons (Fsp3) is 1.00. The van der Waals surface area contributed by atoms with Crippen molar-refractivity contribution in [1.82, 2.24) is 10.2 Å². The van der Waals surface area contributed by atoms with E-state index in [1.165, 1.54) is 51.7 Å². The fourth-order valence-corrected chi connectivity index (χ4v) is 4.60. The molecule has 2 rings (SSSR count). The molecule has 1 saturated carbocycles. The highest BCUT2D eigenvalue weighted by Gasteiger charge is 2.30. The van der Waals surface area contributed by atoms with Crippen LogP contribution in [-0.4, -0.2) is 48.1 Å². The molecule has 0 radical (unpaired) electrons. The lowest BCUT2D eigenvalue weighted by Crippen LogP contribution is -2.48. The summed E-state index contributed by atoms with van der Waals surface area (Å²) in [6, 6.07) is 1.46. The Hall–Kier alpha value is 0.270. The van der Waals surface area contributed by atoms with Crippen LogP contribution >= 0.6 is 11.8 Å². The van der Waals surface area contributed by atoms with Gasteiger partial charge in [0.25, 0.3) is 0 Å². The number of hydrogen-bond acceptors (Lipinski definition) is 3. The summed E-state index contributed by atoms with van der Waals surface area (Å²) < 4.78 is 0. The summed E-state index contributed by atoms with van der Waals surface area (Å²) in [6.07, 6.45) is 9.30. The van der Waals surface area contributed by atoms with Gasteiger partial charge in [0, 0.05) is 23.9 Å². The molecule has 1 N–H and O–H groups in total. The predicted octanol–water partition coefficient (Wildman–Crippen LogP) is 2.98. The second-order valence-electron chi connectivity index (χ2n) is 6.06. The third-order valence-corrected chi connectivity index (χ3v) is 6.10. The molecule has 1 heterocycles. The van der Waals surface area contributed by atoms with Gasteiger partial charge in [0.1, 0.15) is 0 Å². The lowest BCUT2D eigenvalue weighted by atomic mass is 9.91. The molecular weight excluding hydrogens is 240 g/mol. The van der Waals surface area contributed by atoms with Gasteiger partial charge in [-0.15, -0.1) is 0 Å². The third-order valence-electron chi connectivity index (χ3n) is 4.93. The standard InChI is InChI=1S/C15H30N2S/c1-4-17-10-6-7-13(11-17)12(2)16-14-8-5-9-15(14)18-3/h12-16H,4-11H2,1-3H3. The van der Waals surface area contributed by atoms with E-state index in [0.717, 1.165) is 17.2 Å². The molecule has 3 heteroatoms. The van der Waals surface area contributed by atoms with Gasteiger partial charge in [0.15, 0.2) is 0 Å². The van der Waals surface area contributed by atoms with E-state index >= 15 is 0 Å². The Morgan fingerprint density at radius 2 is 2.11 bits per heavy atom. The molecule has 0 aromatic carbocycles. The van der Waals surface area contributed by atoms with Crippen LogP contribution < -0.4 is 5.32 Å². The van der Waals surface area contributed by atoms with E-state index in [1.54, 1.807) is 0 Å². The molecule has 0 spiro atoms. The van der Waals surface area contributed by atoms with Gasteiger partial charge in [-0.3, -0.25) is 0 Å². The van der Waals surface area contributed by atoms with Gasteiger partial charge in [0.05, 0.1) is 0 Å². The van der Waals surface area contributed by atoms with Crippen molar-refractivity contribution in [1.29, 1.82) is 0 Å². The second kappa shape index (κ2) is 7.16. The van der Waals surface area contributed by atoms with Crippen molar-refractivity contribution < 1.29 is 0 Å². The number of nitrogens with zero attached hydrogens (tertiary/aromatic N) is 1. The average molecular weight is 270 g/mol. The number of nitrogens with one attached hydrogen (secondary N) is 1. The van der Waals surface area contributed by atoms with Crippen LogP contribution in [0.15, 0.2) is 0 Å². The summed E-state index contributed by atoms with van der Waals surface area (Å²) in [5.41, 5.74) is 0. The number of hydrogen-bond donors (Lipinski definition) is 1. The van der Waals surface area contributed by atoms with Crippen LogP contribution in [-0.2, 0) is 0 Å². The van der Waals surface area contributed by atoms with E-state index in [0.29, 0.717) is 6.04 Å². The molecule has 106 valence electrons. The van der Waals surface area contributed by atoms with Crippen LogP contribution in [0.1, 0.15) is 46.0 Å². The van der Waals surface area contributed by atoms with E-state index in [2.05, 4.69) is 42.1 Å². The number of likely N-dealkylation sites (tertiary alicyclic amines) is 1. The fourth-order valence-electron chi connectivity index (χ4n) is 3.66. The van der Waals surface area contributed by atoms with E-state index < -0.39 is 0 Å². The van der Waals surface area contributed by atoms with Crippen LogP contribution in [0.3, 0.4) is 0 Å². The summed E-state index contributed by atoms with van der Waals surface area (Å²) in [4.78, 5) is 2.62. The minimum absolute atomic E-state index is 0.692. The Kier molecular flexibility index (Phi) is 5.84. The van der Waals surface area contributed by atoms with Crippen LogP contribution in [0.2, 0.25) is 0 Å². The minimum atomic E-state index is 0.692. The van der Waals surface area contributed by atoms with E-state index in [-0.39, 0.29) is 0 Å². The third kappa shape index (κ3) is 3.64. The Bertz CT molecular complexity index is 247. The molecule has 18 heavy (non-hydrogen) atoms. The van der Waals surface area contributed by atoms with E-state index in [4.69, 9.17) is 0 Å². The molecule has 1 aliphatic heterocycles. The average Bonchev–Trinajstić information content (AvgIpc) is 2.86. The molecule has 4 unspecified atom stereocenters.